The first-order valence-electron chi connectivity index (χ1n) is 7.31. The van der Waals surface area contributed by atoms with Gasteiger partial charge in [-0.2, -0.15) is 0 Å². The summed E-state index contributed by atoms with van der Waals surface area (Å²) in [7, 11) is 0. The van der Waals surface area contributed by atoms with Gasteiger partial charge in [0.1, 0.15) is 0 Å². The van der Waals surface area contributed by atoms with Gasteiger partial charge < -0.3 is 5.32 Å². The van der Waals surface area contributed by atoms with E-state index in [0.717, 1.165) is 11.8 Å². The Bertz CT molecular complexity index is 298. The lowest BCUT2D eigenvalue weighted by Crippen LogP contribution is -2.45. The van der Waals surface area contributed by atoms with Crippen LogP contribution >= 0.6 is 15.9 Å². The Morgan fingerprint density at radius 3 is 2.28 bits per heavy atom. The summed E-state index contributed by atoms with van der Waals surface area (Å²) in [4.78, 5) is 12.4. The van der Waals surface area contributed by atoms with Crippen molar-refractivity contribution < 1.29 is 4.79 Å². The molecule has 2 nitrogen and oxygen atoms in total. The lowest BCUT2D eigenvalue weighted by atomic mass is 9.85. The molecule has 0 aromatic heterocycles. The summed E-state index contributed by atoms with van der Waals surface area (Å²) in [5.74, 6) is 2.09. The number of carbonyl (C=O) groups is 1. The fourth-order valence-corrected chi connectivity index (χ4v) is 3.94. The second-order valence-corrected chi connectivity index (χ2v) is 7.84. The van der Waals surface area contributed by atoms with E-state index in [0.29, 0.717) is 23.7 Å². The van der Waals surface area contributed by atoms with Gasteiger partial charge >= 0.3 is 0 Å². The second kappa shape index (κ2) is 5.52. The van der Waals surface area contributed by atoms with Crippen LogP contribution in [-0.2, 0) is 4.79 Å². The Morgan fingerprint density at radius 2 is 1.83 bits per heavy atom. The Morgan fingerprint density at radius 1 is 1.28 bits per heavy atom. The summed E-state index contributed by atoms with van der Waals surface area (Å²) in [6.45, 7) is 6.63. The van der Waals surface area contributed by atoms with Gasteiger partial charge in [0.25, 0.3) is 0 Å². The third kappa shape index (κ3) is 3.09. The summed E-state index contributed by atoms with van der Waals surface area (Å²) in [5, 5.41) is 4.26. The fraction of sp³-hybridized carbons (Fsp3) is 0.933. The molecule has 3 heteroatoms. The summed E-state index contributed by atoms with van der Waals surface area (Å²) in [6, 6.07) is 0.284. The van der Waals surface area contributed by atoms with Crippen molar-refractivity contribution >= 4 is 21.8 Å². The van der Waals surface area contributed by atoms with Crippen molar-refractivity contribution in [1.29, 1.82) is 0 Å². The molecule has 2 saturated carbocycles. The van der Waals surface area contributed by atoms with E-state index < -0.39 is 0 Å². The fourth-order valence-electron chi connectivity index (χ4n) is 3.48. The summed E-state index contributed by atoms with van der Waals surface area (Å²) >= 11 is 3.49. The highest BCUT2D eigenvalue weighted by Crippen LogP contribution is 2.55. The highest BCUT2D eigenvalue weighted by Gasteiger charge is 2.55. The molecule has 1 amide bonds. The number of rotatable bonds is 4. The molecule has 0 spiro atoms. The van der Waals surface area contributed by atoms with E-state index >= 15 is 0 Å². The largest absolute Gasteiger partial charge is 0.353 e. The summed E-state index contributed by atoms with van der Waals surface area (Å²) < 4.78 is 0. The smallest absolute Gasteiger partial charge is 0.223 e. The van der Waals surface area contributed by atoms with Gasteiger partial charge in [-0.15, -0.1) is 0 Å². The van der Waals surface area contributed by atoms with Crippen LogP contribution in [0.25, 0.3) is 0 Å². The van der Waals surface area contributed by atoms with Crippen LogP contribution in [0.2, 0.25) is 0 Å². The number of amides is 1. The van der Waals surface area contributed by atoms with Gasteiger partial charge in [0.15, 0.2) is 0 Å². The highest BCUT2D eigenvalue weighted by atomic mass is 79.9. The van der Waals surface area contributed by atoms with E-state index in [1.807, 2.05) is 0 Å². The van der Waals surface area contributed by atoms with Crippen molar-refractivity contribution in [2.75, 3.05) is 5.33 Å². The van der Waals surface area contributed by atoms with E-state index in [9.17, 15) is 4.79 Å². The van der Waals surface area contributed by atoms with Crippen LogP contribution in [0.15, 0.2) is 0 Å². The Labute approximate surface area is 119 Å². The zero-order chi connectivity index (χ0) is 13.3. The standard InChI is InChI=1S/C15H26BrNO/c1-15(2,3)12(8-9-16)17-14(18)13-10-6-4-5-7-11(10)13/h10-13H,4-9H2,1-3H3,(H,17,18). The van der Waals surface area contributed by atoms with Crippen LogP contribution in [0, 0.1) is 23.2 Å². The number of hydrogen-bond donors (Lipinski definition) is 1. The van der Waals surface area contributed by atoms with Crippen LogP contribution in [0.1, 0.15) is 52.9 Å². The van der Waals surface area contributed by atoms with Crippen LogP contribution in [0.5, 0.6) is 0 Å². The Balaban J connectivity index is 1.90. The van der Waals surface area contributed by atoms with E-state index in [1.165, 1.54) is 25.7 Å². The lowest BCUT2D eigenvalue weighted by molar-refractivity contribution is -0.124. The van der Waals surface area contributed by atoms with Gasteiger partial charge in [0, 0.05) is 17.3 Å². The molecule has 0 aromatic carbocycles. The highest BCUT2D eigenvalue weighted by molar-refractivity contribution is 9.09. The van der Waals surface area contributed by atoms with Crippen molar-refractivity contribution in [3.63, 3.8) is 0 Å². The molecule has 104 valence electrons. The van der Waals surface area contributed by atoms with Crippen molar-refractivity contribution in [2.45, 2.75) is 58.9 Å². The van der Waals surface area contributed by atoms with E-state index in [4.69, 9.17) is 0 Å². The first kappa shape index (κ1) is 14.4. The quantitative estimate of drug-likeness (QED) is 0.787. The normalized spacial score (nSPS) is 32.6. The molecule has 3 unspecified atom stereocenters. The molecule has 0 aliphatic heterocycles. The predicted molar refractivity (Wildman–Crippen MR) is 78.7 cm³/mol. The van der Waals surface area contributed by atoms with Gasteiger partial charge in [-0.3, -0.25) is 4.79 Å². The number of hydrogen-bond acceptors (Lipinski definition) is 1. The SMILES string of the molecule is CC(C)(C)C(CCBr)NC(=O)C1C2CCCCC21. The van der Waals surface area contributed by atoms with Gasteiger partial charge in [-0.25, -0.2) is 0 Å². The number of alkyl halides is 1. The molecule has 2 aliphatic rings. The molecule has 0 saturated heterocycles. The predicted octanol–water partition coefficient (Wildman–Crippen LogP) is 3.74. The van der Waals surface area contributed by atoms with Gasteiger partial charge in [-0.05, 0) is 36.5 Å². The molecular formula is C15H26BrNO. The van der Waals surface area contributed by atoms with Crippen molar-refractivity contribution in [1.82, 2.24) is 5.32 Å². The maximum absolute atomic E-state index is 12.4. The molecule has 3 atom stereocenters. The molecule has 2 fully saturated rings. The number of fused-ring (bicyclic) bond motifs is 1. The molecule has 0 heterocycles. The van der Waals surface area contributed by atoms with Crippen LogP contribution < -0.4 is 5.32 Å². The molecule has 0 bridgehead atoms. The van der Waals surface area contributed by atoms with Crippen molar-refractivity contribution in [3.8, 4) is 0 Å². The second-order valence-electron chi connectivity index (χ2n) is 7.04. The molecule has 2 rings (SSSR count). The van der Waals surface area contributed by atoms with Crippen molar-refractivity contribution in [3.05, 3.63) is 0 Å². The van der Waals surface area contributed by atoms with Crippen molar-refractivity contribution in [2.24, 2.45) is 23.2 Å². The Hall–Kier alpha value is -0.0500. The van der Waals surface area contributed by atoms with Gasteiger partial charge in [0.2, 0.25) is 5.91 Å². The molecule has 2 aliphatic carbocycles. The average molecular weight is 316 g/mol. The molecule has 0 radical (unpaired) electrons. The molecule has 1 N–H and O–H groups in total. The monoisotopic (exact) mass is 315 g/mol. The topological polar surface area (TPSA) is 29.1 Å². The zero-order valence-electron chi connectivity index (χ0n) is 11.8. The number of nitrogens with one attached hydrogen (secondary N) is 1. The summed E-state index contributed by atoms with van der Waals surface area (Å²) in [6.07, 6.45) is 6.23. The van der Waals surface area contributed by atoms with Crippen LogP contribution in [0.4, 0.5) is 0 Å². The third-order valence-corrected chi connectivity index (χ3v) is 5.18. The maximum Gasteiger partial charge on any atom is 0.223 e. The van der Waals surface area contributed by atoms with E-state index in [2.05, 4.69) is 42.0 Å². The van der Waals surface area contributed by atoms with Crippen LogP contribution in [-0.4, -0.2) is 17.3 Å². The van der Waals surface area contributed by atoms with Gasteiger partial charge in [-0.1, -0.05) is 49.5 Å². The maximum atomic E-state index is 12.4. The van der Waals surface area contributed by atoms with Crippen LogP contribution in [0.3, 0.4) is 0 Å². The average Bonchev–Trinajstić information content (AvgIpc) is 3.01. The first-order chi connectivity index (χ1) is 8.45. The Kier molecular flexibility index (Phi) is 4.40. The molecule has 0 aromatic rings. The lowest BCUT2D eigenvalue weighted by Gasteiger charge is -2.31. The summed E-state index contributed by atoms with van der Waals surface area (Å²) in [5.41, 5.74) is 0.142. The zero-order valence-corrected chi connectivity index (χ0v) is 13.4. The minimum atomic E-state index is 0.142. The molecule has 18 heavy (non-hydrogen) atoms. The minimum Gasteiger partial charge on any atom is -0.353 e. The molecular weight excluding hydrogens is 290 g/mol. The third-order valence-electron chi connectivity index (χ3n) is 4.72. The van der Waals surface area contributed by atoms with E-state index in [1.54, 1.807) is 0 Å². The number of carbonyl (C=O) groups excluding carboxylic acids is 1. The minimum absolute atomic E-state index is 0.142. The van der Waals surface area contributed by atoms with Gasteiger partial charge in [0.05, 0.1) is 0 Å². The number of halogens is 1. The first-order valence-corrected chi connectivity index (χ1v) is 8.43. The van der Waals surface area contributed by atoms with E-state index in [-0.39, 0.29) is 11.5 Å².